The summed E-state index contributed by atoms with van der Waals surface area (Å²) in [6, 6.07) is 7.79. The molecule has 86 valence electrons. The highest BCUT2D eigenvalue weighted by atomic mass is 32.1. The summed E-state index contributed by atoms with van der Waals surface area (Å²) in [5.41, 5.74) is 1.99. The van der Waals surface area contributed by atoms with Crippen molar-refractivity contribution in [3.63, 3.8) is 0 Å². The Morgan fingerprint density at radius 2 is 2.29 bits per heavy atom. The van der Waals surface area contributed by atoms with Crippen molar-refractivity contribution in [1.29, 1.82) is 0 Å². The Hall–Kier alpha value is -1.88. The molecule has 2 aromatic heterocycles. The van der Waals surface area contributed by atoms with E-state index >= 15 is 0 Å². The molecule has 0 amide bonds. The van der Waals surface area contributed by atoms with E-state index in [-0.39, 0.29) is 0 Å². The van der Waals surface area contributed by atoms with Gasteiger partial charge in [-0.2, -0.15) is 5.10 Å². The molecule has 0 atom stereocenters. The van der Waals surface area contributed by atoms with Gasteiger partial charge in [0, 0.05) is 29.5 Å². The van der Waals surface area contributed by atoms with Crippen molar-refractivity contribution in [2.24, 2.45) is 4.99 Å². The molecule has 0 saturated heterocycles. The Bertz CT molecular complexity index is 545. The summed E-state index contributed by atoms with van der Waals surface area (Å²) in [7, 11) is 0. The third-order valence-electron chi connectivity index (χ3n) is 2.16. The number of thiocarbonyl (C=S) groups is 1. The molecule has 0 aliphatic carbocycles. The molecule has 0 aromatic carbocycles. The van der Waals surface area contributed by atoms with E-state index in [1.165, 1.54) is 5.37 Å². The first-order chi connectivity index (χ1) is 8.28. The number of rotatable bonds is 4. The number of aliphatic imine (C=N–C) groups is 1. The fraction of sp³-hybridized carbons (Fsp3) is 0.167. The van der Waals surface area contributed by atoms with E-state index in [9.17, 15) is 0 Å². The van der Waals surface area contributed by atoms with E-state index in [1.807, 2.05) is 37.4 Å². The summed E-state index contributed by atoms with van der Waals surface area (Å²) in [5, 5.41) is 5.74. The lowest BCUT2D eigenvalue weighted by Gasteiger charge is -2.01. The zero-order valence-corrected chi connectivity index (χ0v) is 10.3. The number of aromatic nitrogens is 3. The van der Waals surface area contributed by atoms with Crippen LogP contribution in [0.1, 0.15) is 11.4 Å². The van der Waals surface area contributed by atoms with Gasteiger partial charge in [-0.1, -0.05) is 18.3 Å². The predicted molar refractivity (Wildman–Crippen MR) is 72.1 cm³/mol. The molecule has 0 aliphatic rings. The summed E-state index contributed by atoms with van der Waals surface area (Å²) < 4.78 is 1.80. The number of pyridine rings is 1. The van der Waals surface area contributed by atoms with Crippen LogP contribution in [0.25, 0.3) is 0 Å². The van der Waals surface area contributed by atoms with Gasteiger partial charge < -0.3 is 0 Å². The Balaban J connectivity index is 2.11. The van der Waals surface area contributed by atoms with Gasteiger partial charge in [0.2, 0.25) is 0 Å². The molecule has 17 heavy (non-hydrogen) atoms. The summed E-state index contributed by atoms with van der Waals surface area (Å²) in [4.78, 5) is 8.49. The molecule has 2 aromatic rings. The van der Waals surface area contributed by atoms with Gasteiger partial charge in [-0.25, -0.2) is 4.99 Å². The smallest absolute Gasteiger partial charge is 0.173 e. The van der Waals surface area contributed by atoms with Crippen LogP contribution in [-0.2, 0) is 6.54 Å². The predicted octanol–water partition coefficient (Wildman–Crippen LogP) is 2.34. The topological polar surface area (TPSA) is 43.1 Å². The summed E-state index contributed by atoms with van der Waals surface area (Å²) in [6.07, 6.45) is 3.42. The van der Waals surface area contributed by atoms with Crippen LogP contribution >= 0.6 is 12.2 Å². The van der Waals surface area contributed by atoms with Crippen molar-refractivity contribution in [3.8, 4) is 0 Å². The second kappa shape index (κ2) is 5.45. The molecule has 0 spiro atoms. The molecule has 0 radical (unpaired) electrons. The van der Waals surface area contributed by atoms with Gasteiger partial charge in [0.05, 0.1) is 12.2 Å². The molecular formula is C12H12N4S. The maximum Gasteiger partial charge on any atom is 0.173 e. The van der Waals surface area contributed by atoms with Crippen molar-refractivity contribution >= 4 is 29.6 Å². The zero-order chi connectivity index (χ0) is 12.1. The van der Waals surface area contributed by atoms with Gasteiger partial charge in [0.15, 0.2) is 5.82 Å². The number of nitrogens with zero attached hydrogens (tertiary/aromatic N) is 4. The van der Waals surface area contributed by atoms with Crippen molar-refractivity contribution in [2.45, 2.75) is 13.5 Å². The standard InChI is InChI=1S/C12H12N4S/c1-10-3-2-4-11(14-10)9-16-7-5-12(15-16)13-6-8-17/h2-8H,9H2,1H3. The van der Waals surface area contributed by atoms with E-state index in [4.69, 9.17) is 0 Å². The molecule has 0 saturated carbocycles. The normalized spacial score (nSPS) is 10.9. The van der Waals surface area contributed by atoms with Gasteiger partial charge in [-0.3, -0.25) is 9.67 Å². The van der Waals surface area contributed by atoms with Crippen LogP contribution in [0, 0.1) is 6.92 Å². The monoisotopic (exact) mass is 244 g/mol. The third-order valence-corrected chi connectivity index (χ3v) is 2.29. The van der Waals surface area contributed by atoms with Gasteiger partial charge in [-0.15, -0.1) is 0 Å². The molecule has 0 N–H and O–H groups in total. The lowest BCUT2D eigenvalue weighted by molar-refractivity contribution is 0.672. The van der Waals surface area contributed by atoms with Gasteiger partial charge in [-0.05, 0) is 19.1 Å². The molecule has 0 unspecified atom stereocenters. The zero-order valence-electron chi connectivity index (χ0n) is 9.45. The number of hydrogen-bond donors (Lipinski definition) is 0. The second-order valence-electron chi connectivity index (χ2n) is 3.56. The Morgan fingerprint density at radius 3 is 3.06 bits per heavy atom. The van der Waals surface area contributed by atoms with Crippen LogP contribution in [0.5, 0.6) is 0 Å². The van der Waals surface area contributed by atoms with Crippen LogP contribution in [0.2, 0.25) is 0 Å². The number of aryl methyl sites for hydroxylation is 1. The van der Waals surface area contributed by atoms with Crippen molar-refractivity contribution < 1.29 is 0 Å². The van der Waals surface area contributed by atoms with Gasteiger partial charge >= 0.3 is 0 Å². The molecule has 0 fully saturated rings. The van der Waals surface area contributed by atoms with E-state index in [1.54, 1.807) is 10.9 Å². The number of hydrogen-bond acceptors (Lipinski definition) is 4. The molecule has 2 heterocycles. The highest BCUT2D eigenvalue weighted by Crippen LogP contribution is 2.07. The van der Waals surface area contributed by atoms with Gasteiger partial charge in [0.1, 0.15) is 0 Å². The summed E-state index contributed by atoms with van der Waals surface area (Å²) in [5.74, 6) is 0.652. The molecule has 0 bridgehead atoms. The average molecular weight is 244 g/mol. The van der Waals surface area contributed by atoms with Crippen LogP contribution in [-0.4, -0.2) is 26.3 Å². The summed E-state index contributed by atoms with van der Waals surface area (Å²) >= 11 is 4.66. The molecular weight excluding hydrogens is 232 g/mol. The molecule has 5 heteroatoms. The quantitative estimate of drug-likeness (QED) is 0.612. The second-order valence-corrected chi connectivity index (χ2v) is 3.83. The Labute approximate surface area is 105 Å². The minimum absolute atomic E-state index is 0.648. The van der Waals surface area contributed by atoms with E-state index in [0.29, 0.717) is 12.4 Å². The SMILES string of the molecule is Cc1cccc(Cn2ccc(N=CC=S)n2)n1. The van der Waals surface area contributed by atoms with Crippen molar-refractivity contribution in [2.75, 3.05) is 0 Å². The largest absolute Gasteiger partial charge is 0.265 e. The fourth-order valence-corrected chi connectivity index (χ4v) is 1.53. The highest BCUT2D eigenvalue weighted by molar-refractivity contribution is 7.80. The van der Waals surface area contributed by atoms with E-state index in [0.717, 1.165) is 11.4 Å². The molecule has 4 nitrogen and oxygen atoms in total. The maximum absolute atomic E-state index is 4.66. The minimum atomic E-state index is 0.648. The van der Waals surface area contributed by atoms with Crippen LogP contribution in [0.4, 0.5) is 5.82 Å². The molecule has 0 aliphatic heterocycles. The Morgan fingerprint density at radius 1 is 1.41 bits per heavy atom. The minimum Gasteiger partial charge on any atom is -0.265 e. The Kier molecular flexibility index (Phi) is 3.72. The first-order valence-electron chi connectivity index (χ1n) is 5.22. The maximum atomic E-state index is 4.66. The van der Waals surface area contributed by atoms with Crippen LogP contribution in [0.15, 0.2) is 35.5 Å². The van der Waals surface area contributed by atoms with Gasteiger partial charge in [0.25, 0.3) is 0 Å². The summed E-state index contributed by atoms with van der Waals surface area (Å²) in [6.45, 7) is 2.62. The fourth-order valence-electron chi connectivity index (χ4n) is 1.47. The van der Waals surface area contributed by atoms with Crippen LogP contribution < -0.4 is 0 Å². The average Bonchev–Trinajstić information content (AvgIpc) is 2.74. The molecule has 2 rings (SSSR count). The third kappa shape index (κ3) is 3.29. The highest BCUT2D eigenvalue weighted by Gasteiger charge is 1.99. The lowest BCUT2D eigenvalue weighted by atomic mass is 10.3. The first kappa shape index (κ1) is 11.6. The lowest BCUT2D eigenvalue weighted by Crippen LogP contribution is -2.02. The van der Waals surface area contributed by atoms with Crippen molar-refractivity contribution in [1.82, 2.24) is 14.8 Å². The van der Waals surface area contributed by atoms with Crippen molar-refractivity contribution in [3.05, 3.63) is 41.9 Å². The van der Waals surface area contributed by atoms with Crippen LogP contribution in [0.3, 0.4) is 0 Å². The van der Waals surface area contributed by atoms with E-state index in [2.05, 4.69) is 27.3 Å². The van der Waals surface area contributed by atoms with E-state index < -0.39 is 0 Å². The first-order valence-corrected chi connectivity index (χ1v) is 5.69.